The first-order chi connectivity index (χ1) is 28.8. The number of hydrogen-bond acceptors (Lipinski definition) is 17. The third-order valence-electron chi connectivity index (χ3n) is 10.7. The summed E-state index contributed by atoms with van der Waals surface area (Å²) in [5.74, 6) is -12.2. The van der Waals surface area contributed by atoms with E-state index in [9.17, 15) is 82.8 Å². The van der Waals surface area contributed by atoms with Crippen LogP contribution in [0.25, 0.3) is 0 Å². The lowest BCUT2D eigenvalue weighted by atomic mass is 9.98. The molecule has 3 heterocycles. The van der Waals surface area contributed by atoms with Gasteiger partial charge in [0.2, 0.25) is 35.4 Å². The van der Waals surface area contributed by atoms with Crippen LogP contribution in [0.3, 0.4) is 0 Å². The number of nitrogens with one attached hydrogen (secondary N) is 4. The molecular weight excluding hydrogens is 852 g/mol. The number of aliphatic carboxylic acids is 1. The van der Waals surface area contributed by atoms with Crippen LogP contribution in [-0.2, 0) is 50.4 Å². The van der Waals surface area contributed by atoms with Gasteiger partial charge in [0.1, 0.15) is 30.2 Å². The van der Waals surface area contributed by atoms with E-state index in [0.29, 0.717) is 0 Å². The molecule has 3 aliphatic rings. The van der Waals surface area contributed by atoms with Gasteiger partial charge in [-0.25, -0.2) is 0 Å². The average molecular weight is 905 g/mol. The Morgan fingerprint density at radius 2 is 1.44 bits per heavy atom. The van der Waals surface area contributed by atoms with Gasteiger partial charge in [0.15, 0.2) is 11.5 Å². The molecule has 0 aliphatic carbocycles. The number of β-amino-alcohol motifs (C(OH)–C–C–N with tert-alkyl or cyclic N) is 1. The predicted molar refractivity (Wildman–Crippen MR) is 205 cm³/mol. The van der Waals surface area contributed by atoms with Crippen molar-refractivity contribution in [2.24, 2.45) is 11.8 Å². The second-order valence-electron chi connectivity index (χ2n) is 15.8. The van der Waals surface area contributed by atoms with Gasteiger partial charge in [0.25, 0.3) is 0 Å². The molecule has 346 valence electrons. The summed E-state index contributed by atoms with van der Waals surface area (Å²) >= 11 is 0. The molecule has 13 atom stereocenters. The maximum Gasteiger partial charge on any atom is 0.446 e. The number of hydrogen-bond donors (Lipinski definition) is 13. The minimum absolute atomic E-state index is 0.117. The minimum Gasteiger partial charge on any atom is -0.504 e. The van der Waals surface area contributed by atoms with Gasteiger partial charge in [-0.15, -0.1) is 0 Å². The van der Waals surface area contributed by atoms with E-state index < -0.39 is 174 Å². The molecule has 0 spiro atoms. The first kappa shape index (κ1) is 49.4. The van der Waals surface area contributed by atoms with Crippen molar-refractivity contribution in [1.82, 2.24) is 31.1 Å². The van der Waals surface area contributed by atoms with E-state index in [1.165, 1.54) is 13.8 Å². The summed E-state index contributed by atoms with van der Waals surface area (Å²) in [5.41, 5.74) is -0.117. The number of fused-ring (bicyclic) bond motifs is 2. The number of amides is 6. The van der Waals surface area contributed by atoms with Crippen LogP contribution in [0.1, 0.15) is 45.6 Å². The van der Waals surface area contributed by atoms with Crippen molar-refractivity contribution in [2.75, 3.05) is 19.6 Å². The highest BCUT2D eigenvalue weighted by Crippen LogP contribution is 2.30. The highest BCUT2D eigenvalue weighted by Gasteiger charge is 2.49. The van der Waals surface area contributed by atoms with E-state index in [1.807, 2.05) is 0 Å². The number of carboxylic acid groups (broad SMARTS) is 1. The summed E-state index contributed by atoms with van der Waals surface area (Å²) in [5, 5.41) is 94.2. The summed E-state index contributed by atoms with van der Waals surface area (Å²) in [6.45, 7) is 2.49. The van der Waals surface area contributed by atoms with Crippen LogP contribution in [0.15, 0.2) is 18.2 Å². The average Bonchev–Trinajstić information content (AvgIpc) is 3.71. The van der Waals surface area contributed by atoms with E-state index in [4.69, 9.17) is 4.55 Å². The summed E-state index contributed by atoms with van der Waals surface area (Å²) < 4.78 is 36.2. The van der Waals surface area contributed by atoms with Crippen LogP contribution in [0.5, 0.6) is 11.5 Å². The fourth-order valence-corrected chi connectivity index (χ4v) is 7.85. The lowest BCUT2D eigenvalue weighted by Gasteiger charge is -2.33. The van der Waals surface area contributed by atoms with Crippen molar-refractivity contribution >= 4 is 51.8 Å². The molecule has 1 aromatic rings. The van der Waals surface area contributed by atoms with Crippen LogP contribution in [0.2, 0.25) is 0 Å². The topological polar surface area (TPSA) is 400 Å². The summed E-state index contributed by atoms with van der Waals surface area (Å²) in [4.78, 5) is 96.5. The molecule has 3 saturated heterocycles. The van der Waals surface area contributed by atoms with Crippen molar-refractivity contribution in [3.8, 4) is 11.5 Å². The van der Waals surface area contributed by atoms with Gasteiger partial charge in [0.05, 0.1) is 43.0 Å². The Morgan fingerprint density at radius 1 is 0.823 bits per heavy atom. The number of aromatic hydroxyl groups is 1. The summed E-state index contributed by atoms with van der Waals surface area (Å²) in [6, 6.07) is -6.85. The molecule has 62 heavy (non-hydrogen) atoms. The van der Waals surface area contributed by atoms with Crippen molar-refractivity contribution in [3.05, 3.63) is 23.8 Å². The van der Waals surface area contributed by atoms with Crippen LogP contribution in [-0.4, -0.2) is 192 Å². The molecule has 0 bridgehead atoms. The van der Waals surface area contributed by atoms with Gasteiger partial charge in [-0.05, 0) is 31.0 Å². The molecule has 3 aliphatic heterocycles. The molecule has 25 nitrogen and oxygen atoms in total. The van der Waals surface area contributed by atoms with Gasteiger partial charge in [-0.2, -0.15) is 8.42 Å². The second kappa shape index (κ2) is 20.3. The standard InChI is InChI=1S/C36H52N6O19S/c1-14-6-18(44)11-37-34(55)29-30(51)15(2)12-42(29)36(57)28(23(48)10-25(49)50)40-33(54)27(22(47)7-17-4-5-21(46)24(8-17)61-62(58,59)60)39-32(53)20-9-19(45)13-41(20)35(56)26(16(3)43)38-31(14)52/h4-5,8,14-16,18-20,22-23,26-30,43-48,51H,6-7,9-13H2,1-3H3,(H,37,55)(H,38,52)(H,39,53)(H,40,54)(H,49,50)(H,58,59,60)/t14-,15-,16+,18+,19+,20-,22+,23+,26-,27-,28-,29-,30-/m0/s1. The lowest BCUT2D eigenvalue weighted by Crippen LogP contribution is -2.64. The van der Waals surface area contributed by atoms with Gasteiger partial charge >= 0.3 is 16.4 Å². The zero-order valence-corrected chi connectivity index (χ0v) is 34.4. The number of phenols is 1. The number of aliphatic hydroxyl groups excluding tert-OH is 6. The Labute approximate surface area is 354 Å². The third kappa shape index (κ3) is 12.2. The Bertz CT molecular complexity index is 1990. The molecular formula is C36H52N6O19S. The van der Waals surface area contributed by atoms with Gasteiger partial charge < -0.3 is 76.1 Å². The van der Waals surface area contributed by atoms with E-state index in [0.717, 1.165) is 34.9 Å². The zero-order chi connectivity index (χ0) is 46.5. The van der Waals surface area contributed by atoms with E-state index in [2.05, 4.69) is 25.5 Å². The van der Waals surface area contributed by atoms with Crippen LogP contribution in [0, 0.1) is 11.8 Å². The predicted octanol–water partition coefficient (Wildman–Crippen LogP) is -6.17. The highest BCUT2D eigenvalue weighted by atomic mass is 32.3. The van der Waals surface area contributed by atoms with E-state index >= 15 is 0 Å². The van der Waals surface area contributed by atoms with Gasteiger partial charge in [-0.1, -0.05) is 19.9 Å². The number of benzene rings is 1. The number of carbonyl (C=O) groups is 7. The molecule has 0 saturated carbocycles. The van der Waals surface area contributed by atoms with E-state index in [-0.39, 0.29) is 18.5 Å². The Balaban J connectivity index is 1.83. The molecule has 0 radical (unpaired) electrons. The number of nitrogens with zero attached hydrogens (tertiary/aromatic N) is 2. The molecule has 13 N–H and O–H groups in total. The fourth-order valence-electron chi connectivity index (χ4n) is 7.49. The largest absolute Gasteiger partial charge is 0.504 e. The van der Waals surface area contributed by atoms with E-state index in [1.54, 1.807) is 0 Å². The summed E-state index contributed by atoms with van der Waals surface area (Å²) in [6.07, 6.45) is -13.2. The van der Waals surface area contributed by atoms with Gasteiger partial charge in [-0.3, -0.25) is 38.1 Å². The number of carboxylic acids is 1. The smallest absolute Gasteiger partial charge is 0.446 e. The molecule has 3 fully saturated rings. The first-order valence-corrected chi connectivity index (χ1v) is 20.7. The Hall–Kier alpha value is -5.22. The van der Waals surface area contributed by atoms with Crippen molar-refractivity contribution in [3.63, 3.8) is 0 Å². The van der Waals surface area contributed by atoms with Crippen molar-refractivity contribution < 1.29 is 91.6 Å². The monoisotopic (exact) mass is 904 g/mol. The lowest BCUT2D eigenvalue weighted by molar-refractivity contribution is -0.149. The molecule has 26 heteroatoms. The highest BCUT2D eigenvalue weighted by molar-refractivity contribution is 7.81. The molecule has 0 unspecified atom stereocenters. The maximum atomic E-state index is 14.3. The SMILES string of the molecule is C[C@H]1C[C@@H](O)CNC(=O)[C@@H]2[C@@H](O)[C@@H](C)CN2C(=O)[C@H]([C@H](O)CC(=O)O)NC(=O)[C@H]([C@H](O)Cc2ccc(O)c(OS(=O)(=O)O)c2)NC(=O)[C@@H]2C[C@@H](O)CN2C(=O)[C@H]([C@@H](C)O)NC1=O. The fraction of sp³-hybridized carbons (Fsp3) is 0.639. The van der Waals surface area contributed by atoms with Crippen molar-refractivity contribution in [1.29, 1.82) is 0 Å². The number of aliphatic hydroxyl groups is 6. The zero-order valence-electron chi connectivity index (χ0n) is 33.6. The van der Waals surface area contributed by atoms with Gasteiger partial charge in [0, 0.05) is 44.3 Å². The summed E-state index contributed by atoms with van der Waals surface area (Å²) in [7, 11) is -5.19. The number of phenolic OH excluding ortho intramolecular Hbond substituents is 1. The molecule has 1 aromatic carbocycles. The van der Waals surface area contributed by atoms with Crippen LogP contribution >= 0.6 is 0 Å². The second-order valence-corrected chi connectivity index (χ2v) is 16.8. The number of carbonyl (C=O) groups excluding carboxylic acids is 6. The van der Waals surface area contributed by atoms with Crippen LogP contribution < -0.4 is 25.5 Å². The maximum absolute atomic E-state index is 14.3. The minimum atomic E-state index is -5.19. The number of rotatable bonds is 9. The quantitative estimate of drug-likeness (QED) is 0.103. The normalized spacial score (nSPS) is 31.3. The van der Waals surface area contributed by atoms with Crippen LogP contribution in [0.4, 0.5) is 0 Å². The van der Waals surface area contributed by atoms with Crippen molar-refractivity contribution in [2.45, 2.75) is 113 Å². The first-order valence-electron chi connectivity index (χ1n) is 19.4. The Kier molecular flexibility index (Phi) is 16.2. The molecule has 0 aromatic heterocycles. The molecule has 6 amide bonds. The molecule has 4 rings (SSSR count). The third-order valence-corrected chi connectivity index (χ3v) is 11.1. The Morgan fingerprint density at radius 3 is 2.05 bits per heavy atom.